The minimum Gasteiger partial charge on any atom is -0.376 e. The molecule has 1 atom stereocenters. The number of nitrogens with one attached hydrogen (secondary N) is 1. The summed E-state index contributed by atoms with van der Waals surface area (Å²) in [5, 5.41) is 3.31. The first kappa shape index (κ1) is 18.4. The third kappa shape index (κ3) is 3.59. The standard InChI is InChI=1S/C20H27N3O4/c24-18-20(7-9-21-10-8-20)23(11-6-16-4-2-1-3-5-16)19(25)22(18)14-17-15-26-12-13-27-17/h1-5,17,21H,6-15H2. The second kappa shape index (κ2) is 7.96. The quantitative estimate of drug-likeness (QED) is 0.781. The van der Waals surface area contributed by atoms with Crippen molar-refractivity contribution in [2.24, 2.45) is 0 Å². The number of ether oxygens (including phenoxy) is 2. The molecule has 7 nitrogen and oxygen atoms in total. The van der Waals surface area contributed by atoms with Crippen LogP contribution in [-0.4, -0.2) is 79.4 Å². The van der Waals surface area contributed by atoms with Crippen molar-refractivity contribution in [1.29, 1.82) is 0 Å². The Morgan fingerprint density at radius 2 is 1.89 bits per heavy atom. The predicted molar refractivity (Wildman–Crippen MR) is 99.4 cm³/mol. The molecule has 0 radical (unpaired) electrons. The topological polar surface area (TPSA) is 71.1 Å². The maximum Gasteiger partial charge on any atom is 0.327 e. The summed E-state index contributed by atoms with van der Waals surface area (Å²) < 4.78 is 11.1. The van der Waals surface area contributed by atoms with E-state index in [9.17, 15) is 9.59 Å². The maximum atomic E-state index is 13.3. The molecule has 3 fully saturated rings. The van der Waals surface area contributed by atoms with Gasteiger partial charge in [-0.05, 0) is 37.9 Å². The normalized spacial score (nSPS) is 25.4. The van der Waals surface area contributed by atoms with Crippen molar-refractivity contribution >= 4 is 11.9 Å². The van der Waals surface area contributed by atoms with Crippen molar-refractivity contribution in [1.82, 2.24) is 15.1 Å². The third-order valence-corrected chi connectivity index (χ3v) is 5.79. The lowest BCUT2D eigenvalue weighted by molar-refractivity contribution is -0.138. The molecule has 1 unspecified atom stereocenters. The largest absolute Gasteiger partial charge is 0.376 e. The summed E-state index contributed by atoms with van der Waals surface area (Å²) in [4.78, 5) is 29.7. The van der Waals surface area contributed by atoms with Crippen LogP contribution in [0, 0.1) is 0 Å². The Morgan fingerprint density at radius 3 is 2.59 bits per heavy atom. The molecule has 1 spiro atoms. The average molecular weight is 373 g/mol. The Bertz CT molecular complexity index is 669. The molecule has 27 heavy (non-hydrogen) atoms. The smallest absolute Gasteiger partial charge is 0.327 e. The summed E-state index contributed by atoms with van der Waals surface area (Å²) in [6, 6.07) is 9.91. The van der Waals surface area contributed by atoms with Gasteiger partial charge in [0.1, 0.15) is 5.54 Å². The number of rotatable bonds is 5. The molecule has 0 bridgehead atoms. The highest BCUT2D eigenvalue weighted by Gasteiger charge is 2.57. The SMILES string of the molecule is O=C1N(CC2COCCO2)C(=O)C2(CCNCC2)N1CCc1ccccc1. The molecule has 3 heterocycles. The van der Waals surface area contributed by atoms with Crippen LogP contribution in [0.15, 0.2) is 30.3 Å². The van der Waals surface area contributed by atoms with E-state index >= 15 is 0 Å². The van der Waals surface area contributed by atoms with Gasteiger partial charge in [-0.3, -0.25) is 9.69 Å². The van der Waals surface area contributed by atoms with E-state index in [1.807, 2.05) is 23.1 Å². The predicted octanol–water partition coefficient (Wildman–Crippen LogP) is 1.03. The molecule has 7 heteroatoms. The number of hydrogen-bond donors (Lipinski definition) is 1. The lowest BCUT2D eigenvalue weighted by Crippen LogP contribution is -2.56. The number of hydrogen-bond acceptors (Lipinski definition) is 5. The molecule has 1 aromatic carbocycles. The zero-order chi connectivity index (χ0) is 18.7. The first-order valence-corrected chi connectivity index (χ1v) is 9.78. The highest BCUT2D eigenvalue weighted by molar-refractivity contribution is 6.07. The second-order valence-corrected chi connectivity index (χ2v) is 7.43. The third-order valence-electron chi connectivity index (χ3n) is 5.79. The van der Waals surface area contributed by atoms with Crippen LogP contribution in [0.3, 0.4) is 0 Å². The number of carbonyl (C=O) groups excluding carboxylic acids is 2. The van der Waals surface area contributed by atoms with Gasteiger partial charge in [0.25, 0.3) is 5.91 Å². The molecule has 146 valence electrons. The van der Waals surface area contributed by atoms with Crippen LogP contribution >= 0.6 is 0 Å². The van der Waals surface area contributed by atoms with Gasteiger partial charge >= 0.3 is 6.03 Å². The average Bonchev–Trinajstić information content (AvgIpc) is 2.90. The monoisotopic (exact) mass is 373 g/mol. The van der Waals surface area contributed by atoms with Crippen molar-refractivity contribution < 1.29 is 19.1 Å². The van der Waals surface area contributed by atoms with Crippen molar-refractivity contribution in [2.75, 3.05) is 46.0 Å². The summed E-state index contributed by atoms with van der Waals surface area (Å²) in [5.41, 5.74) is 0.455. The van der Waals surface area contributed by atoms with Crippen molar-refractivity contribution in [2.45, 2.75) is 30.9 Å². The molecule has 0 saturated carbocycles. The maximum absolute atomic E-state index is 13.3. The molecule has 0 aliphatic carbocycles. The zero-order valence-electron chi connectivity index (χ0n) is 15.6. The first-order valence-electron chi connectivity index (χ1n) is 9.78. The second-order valence-electron chi connectivity index (χ2n) is 7.43. The van der Waals surface area contributed by atoms with E-state index < -0.39 is 5.54 Å². The first-order chi connectivity index (χ1) is 13.2. The summed E-state index contributed by atoms with van der Waals surface area (Å²) in [6.07, 6.45) is 1.82. The van der Waals surface area contributed by atoms with Gasteiger partial charge in [0.05, 0.1) is 32.5 Å². The zero-order valence-corrected chi connectivity index (χ0v) is 15.6. The fraction of sp³-hybridized carbons (Fsp3) is 0.600. The Kier molecular flexibility index (Phi) is 5.43. The Hall–Kier alpha value is -1.96. The van der Waals surface area contributed by atoms with Gasteiger partial charge in [-0.25, -0.2) is 4.79 Å². The molecule has 1 aromatic rings. The van der Waals surface area contributed by atoms with E-state index in [4.69, 9.17) is 9.47 Å². The number of benzene rings is 1. The number of amides is 3. The van der Waals surface area contributed by atoms with Crippen LogP contribution in [0.1, 0.15) is 18.4 Å². The molecule has 3 amide bonds. The Balaban J connectivity index is 1.53. The van der Waals surface area contributed by atoms with Crippen LogP contribution in [0.5, 0.6) is 0 Å². The van der Waals surface area contributed by atoms with Gasteiger partial charge in [-0.15, -0.1) is 0 Å². The van der Waals surface area contributed by atoms with Gasteiger partial charge in [-0.2, -0.15) is 0 Å². The lowest BCUT2D eigenvalue weighted by atomic mass is 9.86. The highest BCUT2D eigenvalue weighted by atomic mass is 16.6. The van der Waals surface area contributed by atoms with Crippen molar-refractivity contribution in [3.8, 4) is 0 Å². The fourth-order valence-corrected chi connectivity index (χ4v) is 4.31. The molecule has 3 aliphatic heterocycles. The number of urea groups is 1. The van der Waals surface area contributed by atoms with Crippen LogP contribution in [-0.2, 0) is 20.7 Å². The summed E-state index contributed by atoms with van der Waals surface area (Å²) in [7, 11) is 0. The van der Waals surface area contributed by atoms with Gasteiger partial charge < -0.3 is 19.7 Å². The van der Waals surface area contributed by atoms with Crippen LogP contribution in [0.4, 0.5) is 4.79 Å². The van der Waals surface area contributed by atoms with Gasteiger partial charge in [-0.1, -0.05) is 30.3 Å². The lowest BCUT2D eigenvalue weighted by Gasteiger charge is -2.38. The number of piperidine rings is 1. The number of nitrogens with zero attached hydrogens (tertiary/aromatic N) is 2. The summed E-state index contributed by atoms with van der Waals surface area (Å²) >= 11 is 0. The fourth-order valence-electron chi connectivity index (χ4n) is 4.31. The molecule has 4 rings (SSSR count). The Morgan fingerprint density at radius 1 is 1.11 bits per heavy atom. The molecular weight excluding hydrogens is 346 g/mol. The summed E-state index contributed by atoms with van der Waals surface area (Å²) in [5.74, 6) is -0.0729. The molecule has 0 aromatic heterocycles. The highest BCUT2D eigenvalue weighted by Crippen LogP contribution is 2.36. The van der Waals surface area contributed by atoms with E-state index in [-0.39, 0.29) is 24.6 Å². The minimum absolute atomic E-state index is 0.0729. The van der Waals surface area contributed by atoms with Crippen LogP contribution < -0.4 is 5.32 Å². The van der Waals surface area contributed by atoms with Gasteiger partial charge in [0.15, 0.2) is 0 Å². The van der Waals surface area contributed by atoms with Crippen LogP contribution in [0.2, 0.25) is 0 Å². The van der Waals surface area contributed by atoms with Gasteiger partial charge in [0.2, 0.25) is 0 Å². The molecule has 3 aliphatic rings. The van der Waals surface area contributed by atoms with Gasteiger partial charge in [0, 0.05) is 6.54 Å². The molecule has 3 saturated heterocycles. The van der Waals surface area contributed by atoms with E-state index in [1.165, 1.54) is 10.5 Å². The molecule has 1 N–H and O–H groups in total. The van der Waals surface area contributed by atoms with E-state index in [1.54, 1.807) is 0 Å². The summed E-state index contributed by atoms with van der Waals surface area (Å²) in [6.45, 7) is 3.82. The Labute approximate surface area is 159 Å². The van der Waals surface area contributed by atoms with Crippen LogP contribution in [0.25, 0.3) is 0 Å². The van der Waals surface area contributed by atoms with E-state index in [0.717, 1.165) is 19.5 Å². The van der Waals surface area contributed by atoms with E-state index in [0.29, 0.717) is 39.2 Å². The minimum atomic E-state index is -0.716. The number of carbonyl (C=O) groups is 2. The van der Waals surface area contributed by atoms with Crippen molar-refractivity contribution in [3.63, 3.8) is 0 Å². The number of imide groups is 1. The molecular formula is C20H27N3O4. The van der Waals surface area contributed by atoms with E-state index in [2.05, 4.69) is 17.4 Å². The van der Waals surface area contributed by atoms with Crippen molar-refractivity contribution in [3.05, 3.63) is 35.9 Å².